The molecule has 0 fully saturated rings. The molecule has 0 saturated heterocycles. The molecular weight excluding hydrogens is 352 g/mol. The quantitative estimate of drug-likeness (QED) is 0.616. The minimum atomic E-state index is -0.788. The van der Waals surface area contributed by atoms with E-state index in [0.29, 0.717) is 23.6 Å². The Morgan fingerprint density at radius 3 is 2.52 bits per heavy atom. The van der Waals surface area contributed by atoms with Crippen molar-refractivity contribution in [1.29, 1.82) is 0 Å². The highest BCUT2D eigenvalue weighted by molar-refractivity contribution is 5.21. The minimum absolute atomic E-state index is 0.102. The molecule has 1 N–H and O–H groups in total. The summed E-state index contributed by atoms with van der Waals surface area (Å²) in [6, 6.07) is 16.3. The van der Waals surface area contributed by atoms with Crippen LogP contribution in [0, 0.1) is 11.6 Å². The molecule has 0 bridgehead atoms. The van der Waals surface area contributed by atoms with Gasteiger partial charge in [0.25, 0.3) is 0 Å². The monoisotopic (exact) mass is 373 g/mol. The number of nitrogens with zero attached hydrogens (tertiary/aromatic N) is 1. The molecule has 2 aromatic carbocycles. The highest BCUT2D eigenvalue weighted by Gasteiger charge is 2.17. The normalized spacial score (nSPS) is 12.3. The van der Waals surface area contributed by atoms with Crippen molar-refractivity contribution in [1.82, 2.24) is 4.90 Å². The van der Waals surface area contributed by atoms with Crippen molar-refractivity contribution in [3.05, 3.63) is 89.9 Å². The Hall–Kier alpha value is -2.70. The number of benzene rings is 2. The zero-order valence-corrected chi connectivity index (χ0v) is 14.7. The van der Waals surface area contributed by atoms with Crippen LogP contribution < -0.4 is 4.74 Å². The van der Waals surface area contributed by atoms with Gasteiger partial charge in [-0.05, 0) is 30.3 Å². The van der Waals surface area contributed by atoms with Crippen molar-refractivity contribution in [3.63, 3.8) is 0 Å². The smallest absolute Gasteiger partial charge is 0.130 e. The SMILES string of the molecule is O[C@@H](COc1ccccc1)CN(Cc1ccco1)Cc1ccc(F)cc1F. The summed E-state index contributed by atoms with van der Waals surface area (Å²) < 4.78 is 38.1. The summed E-state index contributed by atoms with van der Waals surface area (Å²) in [5, 5.41) is 10.3. The van der Waals surface area contributed by atoms with E-state index in [0.717, 1.165) is 6.07 Å². The van der Waals surface area contributed by atoms with Crippen LogP contribution in [0.5, 0.6) is 5.75 Å². The third-order valence-corrected chi connectivity index (χ3v) is 4.02. The largest absolute Gasteiger partial charge is 0.491 e. The van der Waals surface area contributed by atoms with Crippen LogP contribution in [0.15, 0.2) is 71.3 Å². The van der Waals surface area contributed by atoms with Gasteiger partial charge >= 0.3 is 0 Å². The van der Waals surface area contributed by atoms with E-state index in [4.69, 9.17) is 9.15 Å². The Kier molecular flexibility index (Phi) is 6.57. The first-order valence-electron chi connectivity index (χ1n) is 8.65. The summed E-state index contributed by atoms with van der Waals surface area (Å²) in [6.07, 6.45) is 0.768. The lowest BCUT2D eigenvalue weighted by molar-refractivity contribution is 0.0600. The second-order valence-corrected chi connectivity index (χ2v) is 6.26. The van der Waals surface area contributed by atoms with Crippen molar-refractivity contribution in [2.75, 3.05) is 13.2 Å². The van der Waals surface area contributed by atoms with E-state index < -0.39 is 17.7 Å². The lowest BCUT2D eigenvalue weighted by Crippen LogP contribution is -2.35. The Labute approximate surface area is 156 Å². The van der Waals surface area contributed by atoms with Crippen LogP contribution >= 0.6 is 0 Å². The highest BCUT2D eigenvalue weighted by Crippen LogP contribution is 2.16. The summed E-state index contributed by atoms with van der Waals surface area (Å²) in [5.41, 5.74) is 0.346. The first kappa shape index (κ1) is 19.1. The highest BCUT2D eigenvalue weighted by atomic mass is 19.1. The molecule has 0 amide bonds. The van der Waals surface area contributed by atoms with Gasteiger partial charge in [-0.1, -0.05) is 24.3 Å². The maximum atomic E-state index is 14.0. The van der Waals surface area contributed by atoms with E-state index in [1.807, 2.05) is 23.1 Å². The van der Waals surface area contributed by atoms with Crippen LogP contribution in [0.25, 0.3) is 0 Å². The Morgan fingerprint density at radius 2 is 1.81 bits per heavy atom. The summed E-state index contributed by atoms with van der Waals surface area (Å²) in [5.74, 6) is 0.118. The number of aliphatic hydroxyl groups is 1. The molecule has 3 aromatic rings. The molecule has 3 rings (SSSR count). The van der Waals surface area contributed by atoms with E-state index in [-0.39, 0.29) is 19.7 Å². The fraction of sp³-hybridized carbons (Fsp3) is 0.238. The van der Waals surface area contributed by atoms with Gasteiger partial charge in [0, 0.05) is 24.7 Å². The molecule has 0 unspecified atom stereocenters. The van der Waals surface area contributed by atoms with Gasteiger partial charge in [-0.2, -0.15) is 0 Å². The molecule has 0 saturated carbocycles. The van der Waals surface area contributed by atoms with Crippen LogP contribution in [-0.2, 0) is 13.1 Å². The van der Waals surface area contributed by atoms with Gasteiger partial charge in [0.05, 0.1) is 12.8 Å². The lowest BCUT2D eigenvalue weighted by atomic mass is 10.1. The summed E-state index contributed by atoms with van der Waals surface area (Å²) in [6.45, 7) is 0.927. The Balaban J connectivity index is 1.63. The van der Waals surface area contributed by atoms with E-state index >= 15 is 0 Å². The molecule has 1 aromatic heterocycles. The second kappa shape index (κ2) is 9.30. The molecule has 4 nitrogen and oxygen atoms in total. The molecule has 27 heavy (non-hydrogen) atoms. The van der Waals surface area contributed by atoms with Crippen molar-refractivity contribution >= 4 is 0 Å². The van der Waals surface area contributed by atoms with Gasteiger partial charge in [0.1, 0.15) is 35.9 Å². The number of aliphatic hydroxyl groups excluding tert-OH is 1. The van der Waals surface area contributed by atoms with Crippen LogP contribution in [-0.4, -0.2) is 29.3 Å². The van der Waals surface area contributed by atoms with E-state index in [1.54, 1.807) is 30.5 Å². The van der Waals surface area contributed by atoms with Gasteiger partial charge in [-0.25, -0.2) is 8.78 Å². The number of hydrogen-bond acceptors (Lipinski definition) is 4. The standard InChI is InChI=1S/C21H21F2NO3/c22-17-9-8-16(21(23)11-17)12-24(14-20-7-4-10-26-20)13-18(25)15-27-19-5-2-1-3-6-19/h1-11,18,25H,12-15H2/t18-/m1/s1. The molecule has 0 aliphatic carbocycles. The summed E-state index contributed by atoms with van der Waals surface area (Å²) >= 11 is 0. The molecule has 0 radical (unpaired) electrons. The van der Waals surface area contributed by atoms with E-state index in [1.165, 1.54) is 12.1 Å². The van der Waals surface area contributed by atoms with Gasteiger partial charge in [-0.15, -0.1) is 0 Å². The molecule has 142 valence electrons. The fourth-order valence-electron chi connectivity index (χ4n) is 2.76. The van der Waals surface area contributed by atoms with Crippen LogP contribution in [0.4, 0.5) is 8.78 Å². The molecule has 0 spiro atoms. The molecule has 6 heteroatoms. The first-order chi connectivity index (χ1) is 13.1. The number of rotatable bonds is 9. The van der Waals surface area contributed by atoms with Gasteiger partial charge in [0.15, 0.2) is 0 Å². The average Bonchev–Trinajstić information content (AvgIpc) is 3.16. The second-order valence-electron chi connectivity index (χ2n) is 6.26. The zero-order chi connectivity index (χ0) is 19.1. The third kappa shape index (κ3) is 5.91. The van der Waals surface area contributed by atoms with Crippen LogP contribution in [0.3, 0.4) is 0 Å². The number of para-hydroxylation sites is 1. The van der Waals surface area contributed by atoms with Crippen molar-refractivity contribution in [2.45, 2.75) is 19.2 Å². The molecule has 1 atom stereocenters. The van der Waals surface area contributed by atoms with Crippen molar-refractivity contribution in [2.24, 2.45) is 0 Å². The molecule has 0 aliphatic rings. The Morgan fingerprint density at radius 1 is 1.00 bits per heavy atom. The van der Waals surface area contributed by atoms with Gasteiger partial charge in [0.2, 0.25) is 0 Å². The predicted octanol–water partition coefficient (Wildman–Crippen LogP) is 4.00. The van der Waals surface area contributed by atoms with Crippen molar-refractivity contribution in [3.8, 4) is 5.75 Å². The molecular formula is C21H21F2NO3. The van der Waals surface area contributed by atoms with E-state index in [2.05, 4.69) is 0 Å². The van der Waals surface area contributed by atoms with Crippen LogP contribution in [0.2, 0.25) is 0 Å². The average molecular weight is 373 g/mol. The van der Waals surface area contributed by atoms with Crippen LogP contribution in [0.1, 0.15) is 11.3 Å². The maximum Gasteiger partial charge on any atom is 0.130 e. The maximum absolute atomic E-state index is 14.0. The fourth-order valence-corrected chi connectivity index (χ4v) is 2.76. The van der Waals surface area contributed by atoms with Gasteiger partial charge in [-0.3, -0.25) is 4.90 Å². The lowest BCUT2D eigenvalue weighted by Gasteiger charge is -2.24. The van der Waals surface area contributed by atoms with Crippen molar-refractivity contribution < 1.29 is 23.0 Å². The number of halogens is 2. The van der Waals surface area contributed by atoms with E-state index in [9.17, 15) is 13.9 Å². The number of hydrogen-bond donors (Lipinski definition) is 1. The first-order valence-corrected chi connectivity index (χ1v) is 8.65. The molecule has 1 heterocycles. The molecule has 0 aliphatic heterocycles. The van der Waals surface area contributed by atoms with Gasteiger partial charge < -0.3 is 14.3 Å². The topological polar surface area (TPSA) is 45.8 Å². The summed E-state index contributed by atoms with van der Waals surface area (Å²) in [7, 11) is 0. The minimum Gasteiger partial charge on any atom is -0.491 e. The Bertz CT molecular complexity index is 825. The predicted molar refractivity (Wildman–Crippen MR) is 97.1 cm³/mol. The third-order valence-electron chi connectivity index (χ3n) is 4.02. The number of furan rings is 1. The zero-order valence-electron chi connectivity index (χ0n) is 14.7. The summed E-state index contributed by atoms with van der Waals surface area (Å²) in [4.78, 5) is 1.83. The number of ether oxygens (including phenoxy) is 1.